The third kappa shape index (κ3) is 0.930. The fourth-order valence-corrected chi connectivity index (χ4v) is 2.34. The quantitative estimate of drug-likeness (QED) is 0.762. The van der Waals surface area contributed by atoms with Gasteiger partial charge in [0.25, 0.3) is 5.91 Å². The number of carbonyl (C=O) groups is 1. The molecule has 0 unspecified atom stereocenters. The fourth-order valence-electron chi connectivity index (χ4n) is 1.87. The van der Waals surface area contributed by atoms with Crippen LogP contribution in [0.15, 0.2) is 34.8 Å². The topological polar surface area (TPSA) is 29.1 Å². The van der Waals surface area contributed by atoms with Crippen molar-refractivity contribution in [2.75, 3.05) is 5.32 Å². The minimum atomic E-state index is -0.0105. The first-order valence-electron chi connectivity index (χ1n) is 4.29. The van der Waals surface area contributed by atoms with E-state index in [1.807, 2.05) is 30.3 Å². The van der Waals surface area contributed by atoms with Crippen LogP contribution in [-0.2, 0) is 0 Å². The minimum absolute atomic E-state index is 0.0105. The van der Waals surface area contributed by atoms with Crippen molar-refractivity contribution in [1.29, 1.82) is 0 Å². The molecule has 0 bridgehead atoms. The Morgan fingerprint density at radius 2 is 2.07 bits per heavy atom. The summed E-state index contributed by atoms with van der Waals surface area (Å²) in [6.07, 6.45) is 0. The lowest BCUT2D eigenvalue weighted by Crippen LogP contribution is -2.03. The number of hydrogen-bond acceptors (Lipinski definition) is 1. The minimum Gasteiger partial charge on any atom is -0.321 e. The first-order chi connectivity index (χ1) is 6.75. The van der Waals surface area contributed by atoms with E-state index in [9.17, 15) is 4.79 Å². The van der Waals surface area contributed by atoms with Crippen LogP contribution in [0.2, 0.25) is 0 Å². The molecule has 1 aliphatic rings. The first-order valence-corrected chi connectivity index (χ1v) is 5.08. The lowest BCUT2D eigenvalue weighted by atomic mass is 10.1. The molecule has 2 nitrogen and oxygen atoms in total. The van der Waals surface area contributed by atoms with Crippen LogP contribution in [-0.4, -0.2) is 5.91 Å². The van der Waals surface area contributed by atoms with Crippen LogP contribution in [0.1, 0.15) is 10.4 Å². The summed E-state index contributed by atoms with van der Waals surface area (Å²) < 4.78 is 0.986. The second-order valence-corrected chi connectivity index (χ2v) is 4.23. The molecule has 0 atom stereocenters. The Hall–Kier alpha value is -1.35. The number of halogens is 1. The summed E-state index contributed by atoms with van der Waals surface area (Å²) in [4.78, 5) is 11.5. The summed E-state index contributed by atoms with van der Waals surface area (Å²) in [6.45, 7) is 0. The zero-order chi connectivity index (χ0) is 9.71. The number of rotatable bonds is 0. The van der Waals surface area contributed by atoms with Crippen molar-refractivity contribution in [2.24, 2.45) is 0 Å². The number of hydrogen-bond donors (Lipinski definition) is 1. The summed E-state index contributed by atoms with van der Waals surface area (Å²) in [5.74, 6) is -0.0105. The van der Waals surface area contributed by atoms with Gasteiger partial charge >= 0.3 is 0 Å². The molecule has 0 spiro atoms. The van der Waals surface area contributed by atoms with Crippen molar-refractivity contribution in [3.63, 3.8) is 0 Å². The number of anilines is 1. The van der Waals surface area contributed by atoms with E-state index in [1.165, 1.54) is 0 Å². The van der Waals surface area contributed by atoms with Gasteiger partial charge in [0.1, 0.15) is 0 Å². The maximum atomic E-state index is 11.5. The van der Waals surface area contributed by atoms with Crippen molar-refractivity contribution in [2.45, 2.75) is 0 Å². The van der Waals surface area contributed by atoms with Gasteiger partial charge in [-0.1, -0.05) is 28.1 Å². The van der Waals surface area contributed by atoms with Crippen LogP contribution >= 0.6 is 15.9 Å². The number of nitrogens with one attached hydrogen (secondary N) is 1. The van der Waals surface area contributed by atoms with Crippen LogP contribution < -0.4 is 5.32 Å². The molecule has 68 valence electrons. The van der Waals surface area contributed by atoms with Gasteiger partial charge in [-0.3, -0.25) is 4.79 Å². The van der Waals surface area contributed by atoms with Crippen molar-refractivity contribution in [3.8, 4) is 0 Å². The van der Waals surface area contributed by atoms with Crippen LogP contribution in [0.5, 0.6) is 0 Å². The van der Waals surface area contributed by atoms with Gasteiger partial charge in [-0.15, -0.1) is 0 Å². The SMILES string of the molecule is O=C1Nc2cc(Br)cc3cccc1c23. The largest absolute Gasteiger partial charge is 0.321 e. The van der Waals surface area contributed by atoms with Crippen molar-refractivity contribution >= 4 is 38.3 Å². The van der Waals surface area contributed by atoms with E-state index in [1.54, 1.807) is 0 Å². The third-order valence-corrected chi connectivity index (χ3v) is 2.89. The molecule has 2 aromatic rings. The molecule has 2 aromatic carbocycles. The van der Waals surface area contributed by atoms with E-state index >= 15 is 0 Å². The highest BCUT2D eigenvalue weighted by Crippen LogP contribution is 2.35. The smallest absolute Gasteiger partial charge is 0.256 e. The zero-order valence-electron chi connectivity index (χ0n) is 7.17. The molecular weight excluding hydrogens is 242 g/mol. The summed E-state index contributed by atoms with van der Waals surface area (Å²) in [5.41, 5.74) is 1.67. The zero-order valence-corrected chi connectivity index (χ0v) is 8.76. The van der Waals surface area contributed by atoms with Crippen molar-refractivity contribution in [3.05, 3.63) is 40.4 Å². The Morgan fingerprint density at radius 1 is 1.21 bits per heavy atom. The molecule has 3 heteroatoms. The number of carbonyl (C=O) groups excluding carboxylic acids is 1. The molecule has 3 rings (SSSR count). The number of benzene rings is 2. The van der Waals surface area contributed by atoms with Crippen molar-refractivity contribution < 1.29 is 4.79 Å². The highest BCUT2D eigenvalue weighted by Gasteiger charge is 2.20. The van der Waals surface area contributed by atoms with E-state index in [0.717, 1.165) is 26.5 Å². The lowest BCUT2D eigenvalue weighted by Gasteiger charge is -2.00. The van der Waals surface area contributed by atoms with Crippen LogP contribution in [0.3, 0.4) is 0 Å². The predicted octanol–water partition coefficient (Wildman–Crippen LogP) is 3.17. The summed E-state index contributed by atoms with van der Waals surface area (Å²) >= 11 is 3.42. The maximum absolute atomic E-state index is 11.5. The Morgan fingerprint density at radius 3 is 2.93 bits per heavy atom. The summed E-state index contributed by atoms with van der Waals surface area (Å²) in [5, 5.41) is 4.96. The monoisotopic (exact) mass is 247 g/mol. The van der Waals surface area contributed by atoms with E-state index in [-0.39, 0.29) is 5.91 Å². The van der Waals surface area contributed by atoms with Crippen LogP contribution in [0, 0.1) is 0 Å². The van der Waals surface area contributed by atoms with Gasteiger partial charge in [0, 0.05) is 15.4 Å². The molecule has 0 saturated carbocycles. The van der Waals surface area contributed by atoms with Gasteiger partial charge in [-0.2, -0.15) is 0 Å². The van der Waals surface area contributed by atoms with Gasteiger partial charge in [0.2, 0.25) is 0 Å². The average molecular weight is 248 g/mol. The fraction of sp³-hybridized carbons (Fsp3) is 0. The summed E-state index contributed by atoms with van der Waals surface area (Å²) in [6, 6.07) is 9.70. The van der Waals surface area contributed by atoms with Crippen molar-refractivity contribution in [1.82, 2.24) is 0 Å². The lowest BCUT2D eigenvalue weighted by molar-refractivity contribution is 0.103. The summed E-state index contributed by atoms with van der Waals surface area (Å²) in [7, 11) is 0. The molecule has 0 fully saturated rings. The highest BCUT2D eigenvalue weighted by atomic mass is 79.9. The van der Waals surface area contributed by atoms with Gasteiger partial charge in [0.05, 0.1) is 5.69 Å². The molecule has 1 aliphatic heterocycles. The molecule has 14 heavy (non-hydrogen) atoms. The van der Waals surface area contributed by atoms with E-state index in [2.05, 4.69) is 21.2 Å². The Kier molecular flexibility index (Phi) is 1.47. The highest BCUT2D eigenvalue weighted by molar-refractivity contribution is 9.10. The maximum Gasteiger partial charge on any atom is 0.256 e. The predicted molar refractivity (Wildman–Crippen MR) is 59.6 cm³/mol. The third-order valence-electron chi connectivity index (χ3n) is 2.43. The molecule has 0 saturated heterocycles. The average Bonchev–Trinajstić information content (AvgIpc) is 2.45. The Bertz CT molecular complexity index is 562. The molecule has 1 N–H and O–H groups in total. The molecule has 1 amide bonds. The van der Waals surface area contributed by atoms with Gasteiger partial charge < -0.3 is 5.32 Å². The van der Waals surface area contributed by atoms with Gasteiger partial charge in [-0.25, -0.2) is 0 Å². The molecule has 0 aliphatic carbocycles. The second kappa shape index (κ2) is 2.58. The first kappa shape index (κ1) is 8.00. The standard InChI is InChI=1S/C11H6BrNO/c12-7-4-6-2-1-3-8-10(6)9(5-7)13-11(8)14/h1-5H,(H,13,14). The van der Waals surface area contributed by atoms with Crippen LogP contribution in [0.25, 0.3) is 10.8 Å². The molecule has 0 radical (unpaired) electrons. The van der Waals surface area contributed by atoms with Gasteiger partial charge in [0.15, 0.2) is 0 Å². The Balaban J connectivity index is 2.55. The molecule has 1 heterocycles. The van der Waals surface area contributed by atoms with Crippen LogP contribution in [0.4, 0.5) is 5.69 Å². The normalized spacial score (nSPS) is 13.4. The Labute approximate surface area is 89.1 Å². The van der Waals surface area contributed by atoms with Gasteiger partial charge in [-0.05, 0) is 23.6 Å². The van der Waals surface area contributed by atoms with E-state index < -0.39 is 0 Å². The van der Waals surface area contributed by atoms with E-state index in [0.29, 0.717) is 0 Å². The molecule has 0 aromatic heterocycles. The molecular formula is C11H6BrNO. The second-order valence-electron chi connectivity index (χ2n) is 3.31. The van der Waals surface area contributed by atoms with E-state index in [4.69, 9.17) is 0 Å². The number of amides is 1.